The number of hydrogen-bond acceptors (Lipinski definition) is 3. The van der Waals surface area contributed by atoms with Gasteiger partial charge in [-0.25, -0.2) is 0 Å². The lowest BCUT2D eigenvalue weighted by atomic mass is 10.0. The van der Waals surface area contributed by atoms with Crippen LogP contribution < -0.4 is 5.73 Å². The first-order chi connectivity index (χ1) is 9.72. The fraction of sp³-hybridized carbons (Fsp3) is 0.647. The van der Waals surface area contributed by atoms with Gasteiger partial charge in [-0.15, -0.1) is 0 Å². The van der Waals surface area contributed by atoms with Crippen molar-refractivity contribution in [3.63, 3.8) is 0 Å². The Labute approximate surface area is 122 Å². The SMILES string of the molecule is Cc1ccccc1CN1CCC(N2CCC(N)CC2)C1. The van der Waals surface area contributed by atoms with Crippen molar-refractivity contribution < 1.29 is 0 Å². The van der Waals surface area contributed by atoms with Crippen LogP contribution in [0.15, 0.2) is 24.3 Å². The fourth-order valence-electron chi connectivity index (χ4n) is 3.57. The quantitative estimate of drug-likeness (QED) is 0.914. The zero-order chi connectivity index (χ0) is 13.9. The molecule has 20 heavy (non-hydrogen) atoms. The van der Waals surface area contributed by atoms with Crippen LogP contribution in [0.2, 0.25) is 0 Å². The summed E-state index contributed by atoms with van der Waals surface area (Å²) in [4.78, 5) is 5.28. The van der Waals surface area contributed by atoms with Crippen LogP contribution in [0.5, 0.6) is 0 Å². The smallest absolute Gasteiger partial charge is 0.0237 e. The summed E-state index contributed by atoms with van der Waals surface area (Å²) in [5.41, 5.74) is 8.90. The topological polar surface area (TPSA) is 32.5 Å². The molecule has 0 amide bonds. The van der Waals surface area contributed by atoms with Gasteiger partial charge < -0.3 is 5.73 Å². The summed E-state index contributed by atoms with van der Waals surface area (Å²) in [6.45, 7) is 8.19. The Morgan fingerprint density at radius 1 is 1.10 bits per heavy atom. The molecule has 2 heterocycles. The van der Waals surface area contributed by atoms with Crippen molar-refractivity contribution in [1.29, 1.82) is 0 Å². The minimum Gasteiger partial charge on any atom is -0.328 e. The van der Waals surface area contributed by atoms with E-state index in [2.05, 4.69) is 41.0 Å². The number of nitrogens with two attached hydrogens (primary N) is 1. The molecule has 0 saturated carbocycles. The van der Waals surface area contributed by atoms with Gasteiger partial charge in [-0.2, -0.15) is 0 Å². The lowest BCUT2D eigenvalue weighted by molar-refractivity contribution is 0.151. The molecule has 1 unspecified atom stereocenters. The Morgan fingerprint density at radius 2 is 1.85 bits per heavy atom. The summed E-state index contributed by atoms with van der Waals surface area (Å²) in [5, 5.41) is 0. The van der Waals surface area contributed by atoms with Crippen LogP contribution in [0.25, 0.3) is 0 Å². The van der Waals surface area contributed by atoms with Gasteiger partial charge in [0, 0.05) is 31.7 Å². The van der Waals surface area contributed by atoms with Crippen LogP contribution >= 0.6 is 0 Å². The van der Waals surface area contributed by atoms with Crippen LogP contribution in [0.4, 0.5) is 0 Å². The molecule has 2 N–H and O–H groups in total. The van der Waals surface area contributed by atoms with Crippen LogP contribution in [-0.2, 0) is 6.54 Å². The average Bonchev–Trinajstić information content (AvgIpc) is 2.91. The predicted octanol–water partition coefficient (Wildman–Crippen LogP) is 1.99. The molecule has 110 valence electrons. The molecule has 1 aromatic carbocycles. The molecule has 3 rings (SSSR count). The Hall–Kier alpha value is -0.900. The van der Waals surface area contributed by atoms with Gasteiger partial charge in [0.15, 0.2) is 0 Å². The summed E-state index contributed by atoms with van der Waals surface area (Å²) in [6, 6.07) is 9.96. The molecular weight excluding hydrogens is 246 g/mol. The molecule has 1 atom stereocenters. The highest BCUT2D eigenvalue weighted by Gasteiger charge is 2.29. The van der Waals surface area contributed by atoms with Gasteiger partial charge in [0.25, 0.3) is 0 Å². The van der Waals surface area contributed by atoms with E-state index in [-0.39, 0.29) is 0 Å². The van der Waals surface area contributed by atoms with Crippen LogP contribution in [0, 0.1) is 6.92 Å². The van der Waals surface area contributed by atoms with E-state index in [0.29, 0.717) is 6.04 Å². The standard InChI is InChI=1S/C17H27N3/c1-14-4-2-3-5-15(14)12-19-9-8-17(13-19)20-10-6-16(18)7-11-20/h2-5,16-17H,6-13,18H2,1H3. The van der Waals surface area contributed by atoms with E-state index in [0.717, 1.165) is 12.6 Å². The van der Waals surface area contributed by atoms with E-state index in [9.17, 15) is 0 Å². The summed E-state index contributed by atoms with van der Waals surface area (Å²) in [5.74, 6) is 0. The molecular formula is C17H27N3. The first-order valence-corrected chi connectivity index (χ1v) is 7.99. The fourth-order valence-corrected chi connectivity index (χ4v) is 3.57. The summed E-state index contributed by atoms with van der Waals surface area (Å²) in [7, 11) is 0. The maximum absolute atomic E-state index is 6.00. The maximum atomic E-state index is 6.00. The normalized spacial score (nSPS) is 26.2. The van der Waals surface area contributed by atoms with Crippen molar-refractivity contribution in [3.8, 4) is 0 Å². The summed E-state index contributed by atoms with van der Waals surface area (Å²) < 4.78 is 0. The zero-order valence-corrected chi connectivity index (χ0v) is 12.6. The number of likely N-dealkylation sites (tertiary alicyclic amines) is 2. The molecule has 2 aliphatic rings. The second-order valence-electron chi connectivity index (χ2n) is 6.48. The zero-order valence-electron chi connectivity index (χ0n) is 12.6. The van der Waals surface area contributed by atoms with Crippen LogP contribution in [0.1, 0.15) is 30.4 Å². The van der Waals surface area contributed by atoms with E-state index in [1.165, 1.54) is 56.6 Å². The van der Waals surface area contributed by atoms with E-state index >= 15 is 0 Å². The minimum atomic E-state index is 0.440. The number of rotatable bonds is 3. The lowest BCUT2D eigenvalue weighted by Crippen LogP contribution is -2.46. The predicted molar refractivity (Wildman–Crippen MR) is 83.6 cm³/mol. The van der Waals surface area contributed by atoms with Crippen LogP contribution in [0.3, 0.4) is 0 Å². The molecule has 0 spiro atoms. The molecule has 0 aliphatic carbocycles. The summed E-state index contributed by atoms with van der Waals surface area (Å²) >= 11 is 0. The van der Waals surface area contributed by atoms with Gasteiger partial charge in [0.2, 0.25) is 0 Å². The van der Waals surface area contributed by atoms with Gasteiger partial charge in [0.1, 0.15) is 0 Å². The van der Waals surface area contributed by atoms with Crippen molar-refractivity contribution >= 4 is 0 Å². The second-order valence-corrected chi connectivity index (χ2v) is 6.48. The molecule has 0 radical (unpaired) electrons. The maximum Gasteiger partial charge on any atom is 0.0237 e. The number of nitrogens with zero attached hydrogens (tertiary/aromatic N) is 2. The summed E-state index contributed by atoms with van der Waals surface area (Å²) in [6.07, 6.45) is 3.67. The van der Waals surface area contributed by atoms with Gasteiger partial charge >= 0.3 is 0 Å². The van der Waals surface area contributed by atoms with Crippen molar-refractivity contribution in [2.45, 2.75) is 44.8 Å². The van der Waals surface area contributed by atoms with Gasteiger partial charge in [0.05, 0.1) is 0 Å². The van der Waals surface area contributed by atoms with Gasteiger partial charge in [-0.3, -0.25) is 9.80 Å². The highest BCUT2D eigenvalue weighted by Crippen LogP contribution is 2.22. The highest BCUT2D eigenvalue weighted by molar-refractivity contribution is 5.25. The molecule has 0 bridgehead atoms. The molecule has 3 nitrogen and oxygen atoms in total. The first kappa shape index (κ1) is 14.1. The third-order valence-electron chi connectivity index (χ3n) is 4.99. The lowest BCUT2D eigenvalue weighted by Gasteiger charge is -2.34. The Morgan fingerprint density at radius 3 is 2.60 bits per heavy atom. The average molecular weight is 273 g/mol. The third kappa shape index (κ3) is 3.22. The van der Waals surface area contributed by atoms with E-state index in [1.54, 1.807) is 0 Å². The van der Waals surface area contributed by atoms with Crippen molar-refractivity contribution in [2.24, 2.45) is 5.73 Å². The van der Waals surface area contributed by atoms with E-state index < -0.39 is 0 Å². The van der Waals surface area contributed by atoms with Gasteiger partial charge in [-0.05, 0) is 50.4 Å². The largest absolute Gasteiger partial charge is 0.328 e. The van der Waals surface area contributed by atoms with Crippen molar-refractivity contribution in [1.82, 2.24) is 9.80 Å². The molecule has 1 aromatic rings. The molecule has 0 aromatic heterocycles. The Balaban J connectivity index is 1.53. The monoisotopic (exact) mass is 273 g/mol. The Bertz CT molecular complexity index is 438. The highest BCUT2D eigenvalue weighted by atomic mass is 15.3. The Kier molecular flexibility index (Phi) is 4.39. The van der Waals surface area contributed by atoms with Crippen molar-refractivity contribution in [3.05, 3.63) is 35.4 Å². The molecule has 2 aliphatic heterocycles. The minimum absolute atomic E-state index is 0.440. The van der Waals surface area contributed by atoms with E-state index in [1.807, 2.05) is 0 Å². The molecule has 2 saturated heterocycles. The van der Waals surface area contributed by atoms with E-state index in [4.69, 9.17) is 5.73 Å². The number of aryl methyl sites for hydroxylation is 1. The molecule has 2 fully saturated rings. The van der Waals surface area contributed by atoms with Gasteiger partial charge in [-0.1, -0.05) is 24.3 Å². The number of hydrogen-bond donors (Lipinski definition) is 1. The molecule has 3 heteroatoms. The first-order valence-electron chi connectivity index (χ1n) is 7.99. The number of piperidine rings is 1. The second kappa shape index (κ2) is 6.25. The van der Waals surface area contributed by atoms with Crippen LogP contribution in [-0.4, -0.2) is 48.1 Å². The third-order valence-corrected chi connectivity index (χ3v) is 4.99. The number of benzene rings is 1. The van der Waals surface area contributed by atoms with Crippen molar-refractivity contribution in [2.75, 3.05) is 26.2 Å².